The zero-order valence-corrected chi connectivity index (χ0v) is 19.1. The van der Waals surface area contributed by atoms with Crippen LogP contribution in [0.3, 0.4) is 0 Å². The van der Waals surface area contributed by atoms with E-state index in [1.165, 1.54) is 18.3 Å². The van der Waals surface area contributed by atoms with Gasteiger partial charge in [-0.15, -0.1) is 0 Å². The molecular formula is C24H28N4O3S. The molecule has 0 radical (unpaired) electrons. The second-order valence-corrected chi connectivity index (χ2v) is 9.63. The maximum atomic E-state index is 12.9. The molecule has 0 atom stereocenters. The van der Waals surface area contributed by atoms with Gasteiger partial charge in [-0.25, -0.2) is 4.98 Å². The van der Waals surface area contributed by atoms with Crippen molar-refractivity contribution in [2.45, 2.75) is 43.6 Å². The third kappa shape index (κ3) is 4.97. The van der Waals surface area contributed by atoms with Gasteiger partial charge >= 0.3 is 0 Å². The number of benzene rings is 2. The fourth-order valence-electron chi connectivity index (χ4n) is 4.22. The van der Waals surface area contributed by atoms with Crippen LogP contribution in [0, 0.1) is 5.92 Å². The molecule has 4 rings (SSSR count). The lowest BCUT2D eigenvalue weighted by molar-refractivity contribution is -0.0311. The van der Waals surface area contributed by atoms with Gasteiger partial charge in [-0.3, -0.25) is 9.59 Å². The standard InChI is InChI=1S/C24H28N4O3S/c1-16(2)14-24(31)10-12-28(13-11-24)23(30)17-6-8-18(9-7-17)27-32-20-5-3-4-19-21(20)25-15-26-22(19)29/h3-9,15-16,27,31H,10-14H2,1-2H3,(H,25,26,29). The van der Waals surface area contributed by atoms with Gasteiger partial charge in [-0.05, 0) is 73.5 Å². The zero-order chi connectivity index (χ0) is 22.7. The van der Waals surface area contributed by atoms with Gasteiger partial charge in [0.25, 0.3) is 11.5 Å². The lowest BCUT2D eigenvalue weighted by Gasteiger charge is -2.39. The van der Waals surface area contributed by atoms with Gasteiger partial charge in [-0.2, -0.15) is 0 Å². The molecule has 168 valence electrons. The summed E-state index contributed by atoms with van der Waals surface area (Å²) in [5.74, 6) is 0.429. The first-order valence-corrected chi connectivity index (χ1v) is 11.7. The van der Waals surface area contributed by atoms with Crippen LogP contribution in [0.25, 0.3) is 10.9 Å². The van der Waals surface area contributed by atoms with E-state index in [9.17, 15) is 14.7 Å². The molecule has 3 N–H and O–H groups in total. The first-order chi connectivity index (χ1) is 15.3. The van der Waals surface area contributed by atoms with Crippen LogP contribution in [-0.4, -0.2) is 44.6 Å². The Morgan fingerprint density at radius 2 is 1.94 bits per heavy atom. The number of hydrogen-bond donors (Lipinski definition) is 3. The Morgan fingerprint density at radius 1 is 1.22 bits per heavy atom. The molecule has 1 fully saturated rings. The van der Waals surface area contributed by atoms with Gasteiger partial charge in [0.15, 0.2) is 0 Å². The third-order valence-corrected chi connectivity index (χ3v) is 6.70. The lowest BCUT2D eigenvalue weighted by atomic mass is 9.84. The fraction of sp³-hybridized carbons (Fsp3) is 0.375. The van der Waals surface area contributed by atoms with E-state index in [0.29, 0.717) is 48.3 Å². The Labute approximate surface area is 191 Å². The maximum absolute atomic E-state index is 12.9. The highest BCUT2D eigenvalue weighted by Gasteiger charge is 2.34. The second-order valence-electron chi connectivity index (χ2n) is 8.78. The summed E-state index contributed by atoms with van der Waals surface area (Å²) in [5, 5.41) is 11.3. The monoisotopic (exact) mass is 452 g/mol. The highest BCUT2D eigenvalue weighted by molar-refractivity contribution is 8.00. The predicted octanol–water partition coefficient (Wildman–Crippen LogP) is 4.06. The molecule has 1 aromatic heterocycles. The average molecular weight is 453 g/mol. The summed E-state index contributed by atoms with van der Waals surface area (Å²) in [5.41, 5.74) is 1.30. The largest absolute Gasteiger partial charge is 0.390 e. The number of H-pyrrole nitrogens is 1. The summed E-state index contributed by atoms with van der Waals surface area (Å²) in [7, 11) is 0. The van der Waals surface area contributed by atoms with Crippen LogP contribution >= 0.6 is 11.9 Å². The van der Waals surface area contributed by atoms with E-state index >= 15 is 0 Å². The van der Waals surface area contributed by atoms with E-state index in [1.54, 1.807) is 6.07 Å². The lowest BCUT2D eigenvalue weighted by Crippen LogP contribution is -2.47. The van der Waals surface area contributed by atoms with E-state index in [4.69, 9.17) is 0 Å². The summed E-state index contributed by atoms with van der Waals surface area (Å²) >= 11 is 1.37. The molecular weight excluding hydrogens is 424 g/mol. The maximum Gasteiger partial charge on any atom is 0.258 e. The Hall–Kier alpha value is -2.84. The number of fused-ring (bicyclic) bond motifs is 1. The molecule has 1 aliphatic rings. The molecule has 0 spiro atoms. The molecule has 3 aromatic rings. The molecule has 32 heavy (non-hydrogen) atoms. The highest BCUT2D eigenvalue weighted by atomic mass is 32.2. The van der Waals surface area contributed by atoms with Crippen LogP contribution in [0.1, 0.15) is 43.5 Å². The van der Waals surface area contributed by atoms with Crippen molar-refractivity contribution in [1.29, 1.82) is 0 Å². The number of aromatic nitrogens is 2. The number of amides is 1. The number of carbonyl (C=O) groups is 1. The SMILES string of the molecule is CC(C)CC1(O)CCN(C(=O)c2ccc(NSc3cccc4c(=O)[nH]cnc34)cc2)CC1. The topological polar surface area (TPSA) is 98.3 Å². The molecule has 8 heteroatoms. The van der Waals surface area contributed by atoms with Crippen LogP contribution in [0.2, 0.25) is 0 Å². The first kappa shape index (κ1) is 22.4. The molecule has 1 aliphatic heterocycles. The van der Waals surface area contributed by atoms with E-state index in [1.807, 2.05) is 41.3 Å². The van der Waals surface area contributed by atoms with Gasteiger partial charge in [-0.1, -0.05) is 19.9 Å². The summed E-state index contributed by atoms with van der Waals surface area (Å²) in [6, 6.07) is 12.8. The Morgan fingerprint density at radius 3 is 2.62 bits per heavy atom. The normalized spacial score (nSPS) is 15.8. The fourth-order valence-corrected chi connectivity index (χ4v) is 4.99. The average Bonchev–Trinajstić information content (AvgIpc) is 2.78. The number of rotatable bonds is 6. The Bertz CT molecular complexity index is 1150. The number of likely N-dealkylation sites (tertiary alicyclic amines) is 1. The third-order valence-electron chi connectivity index (χ3n) is 5.81. The van der Waals surface area contributed by atoms with Gasteiger partial charge in [0, 0.05) is 24.3 Å². The quantitative estimate of drug-likeness (QED) is 0.488. The summed E-state index contributed by atoms with van der Waals surface area (Å²) in [4.78, 5) is 34.4. The minimum atomic E-state index is -0.655. The van der Waals surface area contributed by atoms with Gasteiger partial charge < -0.3 is 19.7 Å². The van der Waals surface area contributed by atoms with E-state index in [-0.39, 0.29) is 11.5 Å². The molecule has 1 amide bonds. The van der Waals surface area contributed by atoms with Crippen molar-refractivity contribution >= 4 is 34.4 Å². The molecule has 2 aromatic carbocycles. The van der Waals surface area contributed by atoms with Crippen LogP contribution in [-0.2, 0) is 0 Å². The van der Waals surface area contributed by atoms with Crippen molar-refractivity contribution in [1.82, 2.24) is 14.9 Å². The zero-order valence-electron chi connectivity index (χ0n) is 18.3. The van der Waals surface area contributed by atoms with Gasteiger partial charge in [0.05, 0.1) is 27.7 Å². The number of piperidine rings is 1. The first-order valence-electron chi connectivity index (χ1n) is 10.9. The van der Waals surface area contributed by atoms with E-state index in [2.05, 4.69) is 28.5 Å². The van der Waals surface area contributed by atoms with Crippen LogP contribution < -0.4 is 10.3 Å². The number of nitrogens with one attached hydrogen (secondary N) is 2. The van der Waals surface area contributed by atoms with Crippen molar-refractivity contribution in [2.24, 2.45) is 5.92 Å². The molecule has 1 saturated heterocycles. The van der Waals surface area contributed by atoms with Crippen molar-refractivity contribution < 1.29 is 9.90 Å². The molecule has 0 bridgehead atoms. The number of aliphatic hydroxyl groups is 1. The number of aromatic amines is 1. The second kappa shape index (κ2) is 9.34. The number of anilines is 1. The minimum Gasteiger partial charge on any atom is -0.390 e. The number of carbonyl (C=O) groups excluding carboxylic acids is 1. The summed E-state index contributed by atoms with van der Waals surface area (Å²) in [6.45, 7) is 5.37. The molecule has 7 nitrogen and oxygen atoms in total. The molecule has 0 unspecified atom stereocenters. The van der Waals surface area contributed by atoms with E-state index in [0.717, 1.165) is 17.0 Å². The number of hydrogen-bond acceptors (Lipinski definition) is 6. The van der Waals surface area contributed by atoms with E-state index < -0.39 is 5.60 Å². The Balaban J connectivity index is 1.37. The molecule has 0 aliphatic carbocycles. The smallest absolute Gasteiger partial charge is 0.258 e. The molecule has 2 heterocycles. The molecule has 0 saturated carbocycles. The predicted molar refractivity (Wildman–Crippen MR) is 128 cm³/mol. The van der Waals surface area contributed by atoms with Crippen molar-refractivity contribution in [2.75, 3.05) is 17.8 Å². The Kier molecular flexibility index (Phi) is 6.53. The number of para-hydroxylation sites is 1. The summed E-state index contributed by atoms with van der Waals surface area (Å²) in [6.07, 6.45) is 3.41. The highest BCUT2D eigenvalue weighted by Crippen LogP contribution is 2.30. The van der Waals surface area contributed by atoms with Crippen molar-refractivity contribution in [3.05, 3.63) is 64.7 Å². The minimum absolute atomic E-state index is 0.00622. The van der Waals surface area contributed by atoms with Crippen LogP contribution in [0.5, 0.6) is 0 Å². The summed E-state index contributed by atoms with van der Waals surface area (Å²) < 4.78 is 3.25. The van der Waals surface area contributed by atoms with Crippen molar-refractivity contribution in [3.8, 4) is 0 Å². The van der Waals surface area contributed by atoms with Gasteiger partial charge in [0.1, 0.15) is 0 Å². The number of nitrogens with zero attached hydrogens (tertiary/aromatic N) is 2. The van der Waals surface area contributed by atoms with Crippen LogP contribution in [0.15, 0.2) is 58.5 Å². The van der Waals surface area contributed by atoms with Gasteiger partial charge in [0.2, 0.25) is 0 Å². The van der Waals surface area contributed by atoms with Crippen LogP contribution in [0.4, 0.5) is 5.69 Å². The van der Waals surface area contributed by atoms with Crippen molar-refractivity contribution in [3.63, 3.8) is 0 Å².